The Hall–Kier alpha value is -2.34. The number of hydrogen-bond acceptors (Lipinski definition) is 5. The fourth-order valence-electron chi connectivity index (χ4n) is 6.38. The molecule has 4 fully saturated rings. The van der Waals surface area contributed by atoms with Crippen molar-refractivity contribution in [2.75, 3.05) is 0 Å². The number of ether oxygens (including phenoxy) is 1. The quantitative estimate of drug-likeness (QED) is 0.624. The first kappa shape index (κ1) is 18.7. The van der Waals surface area contributed by atoms with Crippen LogP contribution in [0.15, 0.2) is 12.1 Å². The minimum absolute atomic E-state index is 0.00340. The Bertz CT molecular complexity index is 943. The predicted octanol–water partition coefficient (Wildman–Crippen LogP) is 1.92. The SMILES string of the molecule is Cc1cc(C)c(C2C(=O)CC(CC3C[C@H]4O[C@H]3[C@@H]3C(=O)NC(=O)[C@@H]34)C2=O)c(C)c1. The molecule has 1 aliphatic carbocycles. The van der Waals surface area contributed by atoms with Crippen molar-refractivity contribution in [2.45, 2.75) is 58.2 Å². The second-order valence-electron chi connectivity index (χ2n) is 9.29. The molecule has 3 aliphatic heterocycles. The molecule has 0 aromatic heterocycles. The van der Waals surface area contributed by atoms with Gasteiger partial charge in [-0.25, -0.2) is 0 Å². The first-order chi connectivity index (χ1) is 13.8. The molecule has 3 saturated heterocycles. The smallest absolute Gasteiger partial charge is 0.233 e. The van der Waals surface area contributed by atoms with E-state index in [9.17, 15) is 19.2 Å². The molecule has 7 atom stereocenters. The number of ketones is 2. The zero-order valence-electron chi connectivity index (χ0n) is 16.9. The maximum Gasteiger partial charge on any atom is 0.233 e. The number of nitrogens with one attached hydrogen (secondary N) is 1. The highest BCUT2D eigenvalue weighted by Crippen LogP contribution is 2.52. The van der Waals surface area contributed by atoms with Gasteiger partial charge in [0.2, 0.25) is 11.8 Å². The first-order valence-electron chi connectivity index (χ1n) is 10.4. The van der Waals surface area contributed by atoms with Gasteiger partial charge in [-0.05, 0) is 56.2 Å². The van der Waals surface area contributed by atoms with E-state index in [-0.39, 0.29) is 59.8 Å². The van der Waals surface area contributed by atoms with E-state index in [0.29, 0.717) is 12.8 Å². The Kier molecular flexibility index (Phi) is 4.07. The van der Waals surface area contributed by atoms with Crippen molar-refractivity contribution in [1.29, 1.82) is 0 Å². The van der Waals surface area contributed by atoms with Gasteiger partial charge in [0.15, 0.2) is 5.78 Å². The third-order valence-electron chi connectivity index (χ3n) is 7.40. The number of fused-ring (bicyclic) bond motifs is 5. The van der Waals surface area contributed by atoms with Gasteiger partial charge in [0.25, 0.3) is 0 Å². The highest BCUT2D eigenvalue weighted by atomic mass is 16.5. The van der Waals surface area contributed by atoms with Crippen LogP contribution in [0.3, 0.4) is 0 Å². The molecule has 2 bridgehead atoms. The Balaban J connectivity index is 1.36. The zero-order chi connectivity index (χ0) is 20.6. The summed E-state index contributed by atoms with van der Waals surface area (Å²) in [6.45, 7) is 5.93. The topological polar surface area (TPSA) is 89.5 Å². The van der Waals surface area contributed by atoms with Crippen molar-refractivity contribution in [3.05, 3.63) is 34.4 Å². The molecule has 2 amide bonds. The van der Waals surface area contributed by atoms with Crippen LogP contribution in [0.2, 0.25) is 0 Å². The van der Waals surface area contributed by atoms with E-state index in [1.54, 1.807) is 0 Å². The van der Waals surface area contributed by atoms with Crippen LogP contribution in [-0.4, -0.2) is 35.6 Å². The normalized spacial score (nSPS) is 38.1. The summed E-state index contributed by atoms with van der Waals surface area (Å²) in [5, 5.41) is 2.42. The van der Waals surface area contributed by atoms with Gasteiger partial charge in [0.1, 0.15) is 11.7 Å². The predicted molar refractivity (Wildman–Crippen MR) is 103 cm³/mol. The molecule has 4 aliphatic rings. The molecule has 1 aromatic rings. The van der Waals surface area contributed by atoms with Gasteiger partial charge in [0, 0.05) is 12.3 Å². The van der Waals surface area contributed by atoms with Crippen molar-refractivity contribution in [1.82, 2.24) is 5.32 Å². The minimum Gasteiger partial charge on any atom is -0.373 e. The van der Waals surface area contributed by atoms with Crippen molar-refractivity contribution in [2.24, 2.45) is 23.7 Å². The lowest BCUT2D eigenvalue weighted by molar-refractivity contribution is -0.129. The Morgan fingerprint density at radius 1 is 1.00 bits per heavy atom. The summed E-state index contributed by atoms with van der Waals surface area (Å²) in [5.74, 6) is -2.28. The molecule has 3 unspecified atom stereocenters. The van der Waals surface area contributed by atoms with E-state index in [2.05, 4.69) is 5.32 Å². The van der Waals surface area contributed by atoms with Crippen molar-refractivity contribution < 1.29 is 23.9 Å². The Morgan fingerprint density at radius 3 is 2.34 bits per heavy atom. The maximum atomic E-state index is 13.2. The number of amides is 2. The monoisotopic (exact) mass is 395 g/mol. The summed E-state index contributed by atoms with van der Waals surface area (Å²) < 4.78 is 5.95. The van der Waals surface area contributed by atoms with E-state index in [4.69, 9.17) is 4.74 Å². The fourth-order valence-corrected chi connectivity index (χ4v) is 6.38. The highest BCUT2D eigenvalue weighted by molar-refractivity contribution is 6.15. The summed E-state index contributed by atoms with van der Waals surface area (Å²) in [6, 6.07) is 4.05. The van der Waals surface area contributed by atoms with Gasteiger partial charge in [0.05, 0.1) is 24.0 Å². The van der Waals surface area contributed by atoms with E-state index in [1.165, 1.54) is 0 Å². The summed E-state index contributed by atoms with van der Waals surface area (Å²) in [4.78, 5) is 50.2. The second-order valence-corrected chi connectivity index (χ2v) is 9.29. The van der Waals surface area contributed by atoms with Crippen LogP contribution < -0.4 is 5.32 Å². The zero-order valence-corrected chi connectivity index (χ0v) is 16.9. The van der Waals surface area contributed by atoms with E-state index in [0.717, 1.165) is 22.3 Å². The van der Waals surface area contributed by atoms with Crippen LogP contribution in [0.4, 0.5) is 0 Å². The lowest BCUT2D eigenvalue weighted by Crippen LogP contribution is -2.36. The summed E-state index contributed by atoms with van der Waals surface area (Å²) in [7, 11) is 0. The average molecular weight is 395 g/mol. The van der Waals surface area contributed by atoms with E-state index in [1.807, 2.05) is 32.9 Å². The number of Topliss-reactive ketones (excluding diaryl/α,β-unsaturated/α-hetero) is 2. The number of aryl methyl sites for hydroxylation is 3. The van der Waals surface area contributed by atoms with Crippen LogP contribution in [0.25, 0.3) is 0 Å². The van der Waals surface area contributed by atoms with Crippen molar-refractivity contribution in [3.63, 3.8) is 0 Å². The van der Waals surface area contributed by atoms with Crippen LogP contribution in [-0.2, 0) is 23.9 Å². The van der Waals surface area contributed by atoms with Crippen LogP contribution in [0.5, 0.6) is 0 Å². The number of imide groups is 1. The molecular weight excluding hydrogens is 370 g/mol. The molecule has 29 heavy (non-hydrogen) atoms. The average Bonchev–Trinajstić information content (AvgIpc) is 3.34. The lowest BCUT2D eigenvalue weighted by atomic mass is 9.72. The first-order valence-corrected chi connectivity index (χ1v) is 10.4. The van der Waals surface area contributed by atoms with Gasteiger partial charge >= 0.3 is 0 Å². The number of benzene rings is 1. The highest BCUT2D eigenvalue weighted by Gasteiger charge is 2.63. The summed E-state index contributed by atoms with van der Waals surface area (Å²) in [5.41, 5.74) is 3.96. The largest absolute Gasteiger partial charge is 0.373 e. The van der Waals surface area contributed by atoms with E-state index < -0.39 is 11.8 Å². The van der Waals surface area contributed by atoms with Gasteiger partial charge in [-0.3, -0.25) is 24.5 Å². The fraction of sp³-hybridized carbons (Fsp3) is 0.565. The molecular formula is C23H25NO5. The van der Waals surface area contributed by atoms with Crippen LogP contribution in [0, 0.1) is 44.4 Å². The summed E-state index contributed by atoms with van der Waals surface area (Å²) >= 11 is 0. The number of hydrogen-bond donors (Lipinski definition) is 1. The molecule has 6 heteroatoms. The number of carbonyl (C=O) groups is 4. The molecule has 1 N–H and O–H groups in total. The van der Waals surface area contributed by atoms with Gasteiger partial charge in [-0.1, -0.05) is 17.7 Å². The minimum atomic E-state index is -0.677. The van der Waals surface area contributed by atoms with Crippen molar-refractivity contribution >= 4 is 23.4 Å². The van der Waals surface area contributed by atoms with Crippen LogP contribution >= 0.6 is 0 Å². The van der Waals surface area contributed by atoms with Gasteiger partial charge in [-0.15, -0.1) is 0 Å². The molecule has 1 aromatic carbocycles. The van der Waals surface area contributed by atoms with E-state index >= 15 is 0 Å². The standard InChI is InChI=1S/C23H25NO5/c1-9-4-10(2)16(11(3)5-9)17-14(25)7-12(20(17)26)6-13-8-15-18-19(21(13)29-15)23(28)24-22(18)27/h4-5,12-13,15,17-19,21H,6-8H2,1-3H3,(H,24,27,28)/t12?,13?,15-,17?,18-,19-,21-/m1/s1. The molecule has 1 saturated carbocycles. The molecule has 152 valence electrons. The Morgan fingerprint density at radius 2 is 1.66 bits per heavy atom. The number of rotatable bonds is 3. The molecule has 0 radical (unpaired) electrons. The van der Waals surface area contributed by atoms with Crippen molar-refractivity contribution in [3.8, 4) is 0 Å². The number of carbonyl (C=O) groups excluding carboxylic acids is 4. The molecule has 5 rings (SSSR count). The van der Waals surface area contributed by atoms with Crippen LogP contribution in [0.1, 0.15) is 47.4 Å². The Labute approximate surface area is 169 Å². The lowest BCUT2D eigenvalue weighted by Gasteiger charge is -2.26. The van der Waals surface area contributed by atoms with Gasteiger partial charge in [-0.2, -0.15) is 0 Å². The molecule has 0 spiro atoms. The maximum absolute atomic E-state index is 13.2. The second kappa shape index (κ2) is 6.33. The third kappa shape index (κ3) is 2.65. The third-order valence-corrected chi connectivity index (χ3v) is 7.40. The van der Waals surface area contributed by atoms with Gasteiger partial charge < -0.3 is 4.74 Å². The molecule has 6 nitrogen and oxygen atoms in total. The molecule has 3 heterocycles. The summed E-state index contributed by atoms with van der Waals surface area (Å²) in [6.07, 6.45) is 0.921.